The van der Waals surface area contributed by atoms with E-state index in [1.807, 2.05) is 6.92 Å². The Kier molecular flexibility index (Phi) is 4.73. The molecule has 114 valence electrons. The molecule has 1 aromatic heterocycles. The highest BCUT2D eigenvalue weighted by molar-refractivity contribution is 5.86. The number of furan rings is 1. The van der Waals surface area contributed by atoms with Crippen molar-refractivity contribution in [3.63, 3.8) is 0 Å². The molecule has 0 spiro atoms. The van der Waals surface area contributed by atoms with E-state index in [9.17, 15) is 14.9 Å². The van der Waals surface area contributed by atoms with Gasteiger partial charge in [-0.15, -0.1) is 0 Å². The van der Waals surface area contributed by atoms with Gasteiger partial charge in [-0.3, -0.25) is 10.1 Å². The van der Waals surface area contributed by atoms with Gasteiger partial charge in [-0.05, 0) is 36.3 Å². The molecule has 2 aromatic rings. The van der Waals surface area contributed by atoms with E-state index in [1.165, 1.54) is 25.3 Å². The predicted octanol–water partition coefficient (Wildman–Crippen LogP) is 3.60. The first kappa shape index (κ1) is 15.5. The summed E-state index contributed by atoms with van der Waals surface area (Å²) in [4.78, 5) is 21.5. The molecule has 22 heavy (non-hydrogen) atoms. The van der Waals surface area contributed by atoms with Crippen LogP contribution in [0.5, 0.6) is 0 Å². The number of aryl methyl sites for hydroxylation is 1. The number of non-ortho nitro benzene ring substituents is 1. The molecule has 0 aliphatic rings. The van der Waals surface area contributed by atoms with Gasteiger partial charge in [-0.25, -0.2) is 4.79 Å². The van der Waals surface area contributed by atoms with Crippen LogP contribution in [0.3, 0.4) is 0 Å². The Balaban J connectivity index is 2.32. The van der Waals surface area contributed by atoms with Crippen molar-refractivity contribution in [1.82, 2.24) is 0 Å². The number of benzene rings is 1. The Morgan fingerprint density at radius 3 is 2.77 bits per heavy atom. The molecular formula is C16H15NO5. The summed E-state index contributed by atoms with van der Waals surface area (Å²) in [6.07, 6.45) is 3.41. The van der Waals surface area contributed by atoms with Crippen LogP contribution in [0.1, 0.15) is 18.2 Å². The van der Waals surface area contributed by atoms with Crippen molar-refractivity contribution in [2.45, 2.75) is 13.3 Å². The lowest BCUT2D eigenvalue weighted by molar-refractivity contribution is -0.384. The van der Waals surface area contributed by atoms with Gasteiger partial charge >= 0.3 is 5.97 Å². The second kappa shape index (κ2) is 6.71. The number of nitro benzene ring substituents is 1. The van der Waals surface area contributed by atoms with Crippen LogP contribution in [-0.2, 0) is 16.0 Å². The number of hydrogen-bond acceptors (Lipinski definition) is 5. The molecule has 0 amide bonds. The molecule has 0 saturated heterocycles. The highest BCUT2D eigenvalue weighted by Gasteiger charge is 2.13. The van der Waals surface area contributed by atoms with E-state index in [-0.39, 0.29) is 5.69 Å². The fraction of sp³-hybridized carbons (Fsp3) is 0.188. The number of ether oxygens (including phenoxy) is 1. The first-order valence-electron chi connectivity index (χ1n) is 6.68. The lowest BCUT2D eigenvalue weighted by Gasteiger charge is -2.04. The minimum absolute atomic E-state index is 0.0537. The summed E-state index contributed by atoms with van der Waals surface area (Å²) in [5.74, 6) is 0.625. The molecule has 6 nitrogen and oxygen atoms in total. The Hall–Kier alpha value is -2.89. The maximum absolute atomic E-state index is 11.0. The zero-order chi connectivity index (χ0) is 16.1. The number of nitro groups is 1. The standard InChI is InChI=1S/C16H15NO5/c1-3-11-10-12(17(19)20)4-7-14(11)15-8-5-13(22-15)6-9-16(18)21-2/h4-10H,3H2,1-2H3/b9-6+. The summed E-state index contributed by atoms with van der Waals surface area (Å²) in [5.41, 5.74) is 1.68. The first-order chi connectivity index (χ1) is 10.5. The Morgan fingerprint density at radius 2 is 2.14 bits per heavy atom. The van der Waals surface area contributed by atoms with E-state index in [0.717, 1.165) is 11.1 Å². The van der Waals surface area contributed by atoms with E-state index >= 15 is 0 Å². The third kappa shape index (κ3) is 3.41. The third-order valence-corrected chi connectivity index (χ3v) is 3.16. The zero-order valence-electron chi connectivity index (χ0n) is 12.2. The molecule has 1 heterocycles. The van der Waals surface area contributed by atoms with Crippen LogP contribution < -0.4 is 0 Å². The van der Waals surface area contributed by atoms with Crippen LogP contribution in [0.15, 0.2) is 40.8 Å². The monoisotopic (exact) mass is 301 g/mol. The summed E-state index contributed by atoms with van der Waals surface area (Å²) in [6.45, 7) is 1.92. The zero-order valence-corrected chi connectivity index (χ0v) is 12.2. The van der Waals surface area contributed by atoms with E-state index in [1.54, 1.807) is 24.3 Å². The second-order valence-corrected chi connectivity index (χ2v) is 4.51. The number of esters is 1. The van der Waals surface area contributed by atoms with Gasteiger partial charge in [-0.2, -0.15) is 0 Å². The number of hydrogen-bond donors (Lipinski definition) is 0. The van der Waals surface area contributed by atoms with Gasteiger partial charge in [0.2, 0.25) is 0 Å². The largest absolute Gasteiger partial charge is 0.466 e. The highest BCUT2D eigenvalue weighted by atomic mass is 16.6. The molecular weight excluding hydrogens is 286 g/mol. The van der Waals surface area contributed by atoms with Crippen LogP contribution in [-0.4, -0.2) is 18.0 Å². The SMILES string of the molecule is CCc1cc([N+](=O)[O-])ccc1-c1ccc(/C=C/C(=O)OC)o1. The molecule has 0 aliphatic carbocycles. The fourth-order valence-electron chi connectivity index (χ4n) is 2.03. The van der Waals surface area contributed by atoms with Crippen molar-refractivity contribution in [2.75, 3.05) is 7.11 Å². The van der Waals surface area contributed by atoms with Crippen molar-refractivity contribution in [3.8, 4) is 11.3 Å². The quantitative estimate of drug-likeness (QED) is 0.364. The van der Waals surface area contributed by atoms with E-state index in [0.29, 0.717) is 17.9 Å². The lowest BCUT2D eigenvalue weighted by Crippen LogP contribution is -1.93. The number of carbonyl (C=O) groups excluding carboxylic acids is 1. The number of carbonyl (C=O) groups is 1. The van der Waals surface area contributed by atoms with E-state index in [2.05, 4.69) is 4.74 Å². The average Bonchev–Trinajstić information content (AvgIpc) is 3.00. The predicted molar refractivity (Wildman–Crippen MR) is 81.2 cm³/mol. The van der Waals surface area contributed by atoms with Gasteiger partial charge in [0.25, 0.3) is 5.69 Å². The van der Waals surface area contributed by atoms with Crippen molar-refractivity contribution < 1.29 is 18.9 Å². The number of nitrogens with zero attached hydrogens (tertiary/aromatic N) is 1. The topological polar surface area (TPSA) is 82.6 Å². The Labute approximate surface area is 127 Å². The number of rotatable bonds is 5. The molecule has 0 atom stereocenters. The third-order valence-electron chi connectivity index (χ3n) is 3.16. The minimum atomic E-state index is -0.470. The summed E-state index contributed by atoms with van der Waals surface area (Å²) < 4.78 is 10.1. The smallest absolute Gasteiger partial charge is 0.330 e. The Morgan fingerprint density at radius 1 is 1.36 bits per heavy atom. The van der Waals surface area contributed by atoms with Crippen molar-refractivity contribution >= 4 is 17.7 Å². The Bertz CT molecular complexity index is 730. The van der Waals surface area contributed by atoms with Crippen LogP contribution in [0, 0.1) is 10.1 Å². The van der Waals surface area contributed by atoms with Crippen molar-refractivity contribution in [3.05, 3.63) is 57.8 Å². The minimum Gasteiger partial charge on any atom is -0.466 e. The van der Waals surface area contributed by atoms with Gasteiger partial charge in [0, 0.05) is 23.8 Å². The first-order valence-corrected chi connectivity index (χ1v) is 6.68. The molecule has 0 aliphatic heterocycles. The van der Waals surface area contributed by atoms with Crippen molar-refractivity contribution in [2.24, 2.45) is 0 Å². The molecule has 2 rings (SSSR count). The molecule has 0 saturated carbocycles. The molecule has 0 unspecified atom stereocenters. The van der Waals surface area contributed by atoms with Crippen LogP contribution in [0.4, 0.5) is 5.69 Å². The molecule has 0 N–H and O–H groups in total. The second-order valence-electron chi connectivity index (χ2n) is 4.51. The molecule has 0 bridgehead atoms. The van der Waals surface area contributed by atoms with Crippen LogP contribution >= 0.6 is 0 Å². The number of methoxy groups -OCH3 is 1. The molecule has 0 fully saturated rings. The summed E-state index contributed by atoms with van der Waals surface area (Å²) >= 11 is 0. The summed E-state index contributed by atoms with van der Waals surface area (Å²) in [5, 5.41) is 10.8. The van der Waals surface area contributed by atoms with Gasteiger partial charge in [-0.1, -0.05) is 6.92 Å². The fourth-order valence-corrected chi connectivity index (χ4v) is 2.03. The normalized spacial score (nSPS) is 10.8. The van der Waals surface area contributed by atoms with Crippen molar-refractivity contribution in [1.29, 1.82) is 0 Å². The molecule has 0 radical (unpaired) electrons. The molecule has 6 heteroatoms. The lowest BCUT2D eigenvalue weighted by atomic mass is 10.0. The molecule has 1 aromatic carbocycles. The van der Waals surface area contributed by atoms with E-state index in [4.69, 9.17) is 4.42 Å². The van der Waals surface area contributed by atoms with Crippen LogP contribution in [0.2, 0.25) is 0 Å². The van der Waals surface area contributed by atoms with Gasteiger partial charge < -0.3 is 9.15 Å². The maximum atomic E-state index is 11.0. The average molecular weight is 301 g/mol. The van der Waals surface area contributed by atoms with Gasteiger partial charge in [0.15, 0.2) is 0 Å². The highest BCUT2D eigenvalue weighted by Crippen LogP contribution is 2.29. The summed E-state index contributed by atoms with van der Waals surface area (Å²) in [7, 11) is 1.30. The van der Waals surface area contributed by atoms with Gasteiger partial charge in [0.05, 0.1) is 12.0 Å². The van der Waals surface area contributed by atoms with E-state index < -0.39 is 10.9 Å². The van der Waals surface area contributed by atoms with Gasteiger partial charge in [0.1, 0.15) is 11.5 Å². The summed E-state index contributed by atoms with van der Waals surface area (Å²) in [6, 6.07) is 8.14. The van der Waals surface area contributed by atoms with Crippen LogP contribution in [0.25, 0.3) is 17.4 Å². The maximum Gasteiger partial charge on any atom is 0.330 e.